The van der Waals surface area contributed by atoms with Crippen molar-refractivity contribution in [3.8, 4) is 0 Å². The van der Waals surface area contributed by atoms with Gasteiger partial charge in [-0.15, -0.1) is 0 Å². The molecule has 0 saturated carbocycles. The molecule has 2 rings (SSSR count). The van der Waals surface area contributed by atoms with Crippen LogP contribution >= 0.6 is 0 Å². The van der Waals surface area contributed by atoms with E-state index in [0.29, 0.717) is 24.3 Å². The van der Waals surface area contributed by atoms with Crippen LogP contribution < -0.4 is 5.73 Å². The molecular formula is C14H20N2O2. The number of amides is 1. The molecule has 4 heteroatoms. The van der Waals surface area contributed by atoms with Gasteiger partial charge >= 0.3 is 0 Å². The Balaban J connectivity index is 2.20. The minimum atomic E-state index is 0.0346. The number of aryl methyl sites for hydroxylation is 1. The zero-order chi connectivity index (χ0) is 13.3. The lowest BCUT2D eigenvalue weighted by atomic mass is 10.1. The lowest BCUT2D eigenvalue weighted by molar-refractivity contribution is -0.0586. The van der Waals surface area contributed by atoms with Gasteiger partial charge < -0.3 is 15.4 Å². The first-order chi connectivity index (χ1) is 8.45. The number of carbonyl (C=O) groups is 1. The first-order valence-corrected chi connectivity index (χ1v) is 6.27. The van der Waals surface area contributed by atoms with E-state index in [1.54, 1.807) is 6.07 Å². The molecule has 4 nitrogen and oxygen atoms in total. The summed E-state index contributed by atoms with van der Waals surface area (Å²) in [5.74, 6) is 0.0346. The summed E-state index contributed by atoms with van der Waals surface area (Å²) in [5, 5.41) is 0. The van der Waals surface area contributed by atoms with Gasteiger partial charge in [0, 0.05) is 24.3 Å². The van der Waals surface area contributed by atoms with Crippen LogP contribution in [0, 0.1) is 6.92 Å². The van der Waals surface area contributed by atoms with Crippen LogP contribution in [0.1, 0.15) is 29.8 Å². The zero-order valence-corrected chi connectivity index (χ0v) is 11.1. The number of benzene rings is 1. The molecule has 1 heterocycles. The Labute approximate surface area is 108 Å². The number of nitrogen functional groups attached to an aromatic ring is 1. The molecule has 0 aliphatic carbocycles. The van der Waals surface area contributed by atoms with Crippen LogP contribution in [0.25, 0.3) is 0 Å². The van der Waals surface area contributed by atoms with Crippen LogP contribution in [-0.2, 0) is 4.74 Å². The average Bonchev–Trinajstić information content (AvgIpc) is 2.25. The number of hydrogen-bond acceptors (Lipinski definition) is 3. The first-order valence-electron chi connectivity index (χ1n) is 6.27. The normalized spacial score (nSPS) is 24.1. The van der Waals surface area contributed by atoms with Gasteiger partial charge in [-0.25, -0.2) is 0 Å². The smallest absolute Gasteiger partial charge is 0.254 e. The van der Waals surface area contributed by atoms with Crippen molar-refractivity contribution in [1.29, 1.82) is 0 Å². The Kier molecular flexibility index (Phi) is 3.57. The van der Waals surface area contributed by atoms with Crippen molar-refractivity contribution in [3.05, 3.63) is 29.3 Å². The van der Waals surface area contributed by atoms with Crippen molar-refractivity contribution in [1.82, 2.24) is 4.90 Å². The summed E-state index contributed by atoms with van der Waals surface area (Å²) in [5.41, 5.74) is 8.09. The van der Waals surface area contributed by atoms with Gasteiger partial charge in [0.15, 0.2) is 0 Å². The largest absolute Gasteiger partial charge is 0.399 e. The van der Waals surface area contributed by atoms with Crippen LogP contribution in [0.15, 0.2) is 18.2 Å². The second-order valence-electron chi connectivity index (χ2n) is 5.10. The number of anilines is 1. The molecule has 98 valence electrons. The Bertz CT molecular complexity index is 429. The molecule has 0 spiro atoms. The summed E-state index contributed by atoms with van der Waals surface area (Å²) in [4.78, 5) is 14.3. The van der Waals surface area contributed by atoms with Gasteiger partial charge in [0.05, 0.1) is 12.2 Å². The number of carbonyl (C=O) groups excluding carboxylic acids is 1. The third-order valence-corrected chi connectivity index (χ3v) is 3.05. The Hall–Kier alpha value is -1.55. The molecule has 0 radical (unpaired) electrons. The van der Waals surface area contributed by atoms with E-state index >= 15 is 0 Å². The number of rotatable bonds is 1. The molecule has 0 unspecified atom stereocenters. The first kappa shape index (κ1) is 12.9. The monoisotopic (exact) mass is 248 g/mol. The van der Waals surface area contributed by atoms with Crippen molar-refractivity contribution in [3.63, 3.8) is 0 Å². The van der Waals surface area contributed by atoms with E-state index in [1.807, 2.05) is 37.8 Å². The summed E-state index contributed by atoms with van der Waals surface area (Å²) in [6, 6.07) is 5.48. The lowest BCUT2D eigenvalue weighted by Crippen LogP contribution is -2.48. The molecule has 1 aliphatic rings. The van der Waals surface area contributed by atoms with E-state index < -0.39 is 0 Å². The SMILES string of the molecule is Cc1cc(N)cc(C(=O)N2C[C@@H](C)O[C@@H](C)C2)c1. The third-order valence-electron chi connectivity index (χ3n) is 3.05. The molecule has 2 N–H and O–H groups in total. The number of hydrogen-bond donors (Lipinski definition) is 1. The topological polar surface area (TPSA) is 55.6 Å². The minimum absolute atomic E-state index is 0.0346. The predicted octanol–water partition coefficient (Wildman–Crippen LogP) is 1.83. The van der Waals surface area contributed by atoms with E-state index in [9.17, 15) is 4.79 Å². The molecule has 1 saturated heterocycles. The summed E-state index contributed by atoms with van der Waals surface area (Å²) in [6.07, 6.45) is 0.166. The van der Waals surface area contributed by atoms with Gasteiger partial charge in [0.25, 0.3) is 5.91 Å². The highest BCUT2D eigenvalue weighted by molar-refractivity contribution is 5.95. The van der Waals surface area contributed by atoms with Crippen LogP contribution in [0.4, 0.5) is 5.69 Å². The second kappa shape index (κ2) is 4.98. The van der Waals surface area contributed by atoms with Gasteiger partial charge in [-0.1, -0.05) is 0 Å². The molecule has 18 heavy (non-hydrogen) atoms. The highest BCUT2D eigenvalue weighted by Gasteiger charge is 2.26. The molecular weight excluding hydrogens is 228 g/mol. The van der Waals surface area contributed by atoms with E-state index in [2.05, 4.69) is 0 Å². The fraction of sp³-hybridized carbons (Fsp3) is 0.500. The summed E-state index contributed by atoms with van der Waals surface area (Å²) < 4.78 is 5.63. The minimum Gasteiger partial charge on any atom is -0.399 e. The summed E-state index contributed by atoms with van der Waals surface area (Å²) in [6.45, 7) is 7.19. The highest BCUT2D eigenvalue weighted by Crippen LogP contribution is 2.17. The van der Waals surface area contributed by atoms with E-state index in [-0.39, 0.29) is 18.1 Å². The lowest BCUT2D eigenvalue weighted by Gasteiger charge is -2.35. The van der Waals surface area contributed by atoms with Crippen LogP contribution in [0.5, 0.6) is 0 Å². The number of nitrogens with two attached hydrogens (primary N) is 1. The van der Waals surface area contributed by atoms with Crippen molar-refractivity contribution in [2.75, 3.05) is 18.8 Å². The van der Waals surface area contributed by atoms with E-state index in [1.165, 1.54) is 0 Å². The zero-order valence-electron chi connectivity index (χ0n) is 11.1. The number of ether oxygens (including phenoxy) is 1. The molecule has 1 aromatic rings. The maximum absolute atomic E-state index is 12.4. The number of nitrogens with zero attached hydrogens (tertiary/aromatic N) is 1. The molecule has 0 aromatic heterocycles. The maximum atomic E-state index is 12.4. The molecule has 1 fully saturated rings. The van der Waals surface area contributed by atoms with E-state index in [0.717, 1.165) is 5.56 Å². The standard InChI is InChI=1S/C14H20N2O2/c1-9-4-12(6-13(15)5-9)14(17)16-7-10(2)18-11(3)8-16/h4-6,10-11H,7-8,15H2,1-3H3/t10-,11+. The van der Waals surface area contributed by atoms with Crippen molar-refractivity contribution in [2.45, 2.75) is 33.0 Å². The quantitative estimate of drug-likeness (QED) is 0.771. The van der Waals surface area contributed by atoms with Crippen LogP contribution in [0.2, 0.25) is 0 Å². The van der Waals surface area contributed by atoms with Crippen LogP contribution in [0.3, 0.4) is 0 Å². The van der Waals surface area contributed by atoms with Gasteiger partial charge in [-0.2, -0.15) is 0 Å². The highest BCUT2D eigenvalue weighted by atomic mass is 16.5. The van der Waals surface area contributed by atoms with Gasteiger partial charge in [-0.3, -0.25) is 4.79 Å². The Morgan fingerprint density at radius 2 is 1.89 bits per heavy atom. The fourth-order valence-corrected chi connectivity index (χ4v) is 2.46. The van der Waals surface area contributed by atoms with Crippen molar-refractivity contribution in [2.24, 2.45) is 0 Å². The van der Waals surface area contributed by atoms with Crippen molar-refractivity contribution >= 4 is 11.6 Å². The Morgan fingerprint density at radius 1 is 1.28 bits per heavy atom. The number of morpholine rings is 1. The average molecular weight is 248 g/mol. The van der Waals surface area contributed by atoms with Crippen molar-refractivity contribution < 1.29 is 9.53 Å². The van der Waals surface area contributed by atoms with Gasteiger partial charge in [0.1, 0.15) is 0 Å². The third kappa shape index (κ3) is 2.82. The molecule has 1 amide bonds. The second-order valence-corrected chi connectivity index (χ2v) is 5.10. The van der Waals surface area contributed by atoms with Crippen LogP contribution in [-0.4, -0.2) is 36.1 Å². The molecule has 1 aromatic carbocycles. The van der Waals surface area contributed by atoms with Gasteiger partial charge in [0.2, 0.25) is 0 Å². The molecule has 0 bridgehead atoms. The van der Waals surface area contributed by atoms with Gasteiger partial charge in [-0.05, 0) is 44.5 Å². The fourth-order valence-electron chi connectivity index (χ4n) is 2.46. The summed E-state index contributed by atoms with van der Waals surface area (Å²) in [7, 11) is 0. The maximum Gasteiger partial charge on any atom is 0.254 e. The molecule has 2 atom stereocenters. The molecule has 1 aliphatic heterocycles. The summed E-state index contributed by atoms with van der Waals surface area (Å²) >= 11 is 0. The Morgan fingerprint density at radius 3 is 2.44 bits per heavy atom. The predicted molar refractivity (Wildman–Crippen MR) is 71.5 cm³/mol. The van der Waals surface area contributed by atoms with E-state index in [4.69, 9.17) is 10.5 Å².